The third kappa shape index (κ3) is 13.4. The van der Waals surface area contributed by atoms with Crippen LogP contribution in [0.4, 0.5) is 4.79 Å². The van der Waals surface area contributed by atoms with E-state index in [1.807, 2.05) is 78.8 Å². The van der Waals surface area contributed by atoms with E-state index >= 15 is 0 Å². The molecule has 0 aliphatic heterocycles. The van der Waals surface area contributed by atoms with Gasteiger partial charge in [0.1, 0.15) is 16.7 Å². The number of carbonyl (C=O) groups excluding carboxylic acids is 4. The molecule has 2 aromatic rings. The summed E-state index contributed by atoms with van der Waals surface area (Å²) in [7, 11) is 3.18. The van der Waals surface area contributed by atoms with Crippen molar-refractivity contribution in [3.8, 4) is 0 Å². The number of carbonyl (C=O) groups is 5. The molecule has 0 aliphatic rings. The highest BCUT2D eigenvalue weighted by atomic mass is 32.1. The molecular formula is C40H64N6O7S. The average Bonchev–Trinajstić information content (AvgIpc) is 3.61. The molecule has 4 amide bonds. The highest BCUT2D eigenvalue weighted by molar-refractivity contribution is 7.09. The SMILES string of the molecule is CCCN(C(=O)[C@@H](NC(=O)[C@H](NC)C(C)C)[C@@H](C)CC)[C@H](C[C@@H](OC(=O)NC)c1nc(C(=O)N[C@@H](Cc2ccccc2)CC(C)(C)C(=O)O)cs1)C(C)C. The molecule has 1 aromatic carbocycles. The molecule has 0 spiro atoms. The van der Waals surface area contributed by atoms with Crippen molar-refractivity contribution in [3.05, 3.63) is 52.0 Å². The Morgan fingerprint density at radius 3 is 2.11 bits per heavy atom. The lowest BCUT2D eigenvalue weighted by Gasteiger charge is -2.39. The van der Waals surface area contributed by atoms with E-state index in [-0.39, 0.29) is 48.1 Å². The van der Waals surface area contributed by atoms with Gasteiger partial charge in [-0.15, -0.1) is 11.3 Å². The van der Waals surface area contributed by atoms with E-state index in [9.17, 15) is 29.1 Å². The Hall–Kier alpha value is -4.04. The Morgan fingerprint density at radius 1 is 0.944 bits per heavy atom. The van der Waals surface area contributed by atoms with Crippen molar-refractivity contribution < 1.29 is 33.8 Å². The highest BCUT2D eigenvalue weighted by Crippen LogP contribution is 2.32. The quantitative estimate of drug-likeness (QED) is 0.0988. The second-order valence-corrected chi connectivity index (χ2v) is 16.3. The minimum Gasteiger partial charge on any atom is -0.481 e. The summed E-state index contributed by atoms with van der Waals surface area (Å²) < 4.78 is 5.87. The fourth-order valence-electron chi connectivity index (χ4n) is 6.49. The first kappa shape index (κ1) is 46.1. The van der Waals surface area contributed by atoms with Crippen LogP contribution in [0.15, 0.2) is 35.7 Å². The van der Waals surface area contributed by atoms with Gasteiger partial charge in [-0.1, -0.05) is 85.2 Å². The first-order valence-electron chi connectivity index (χ1n) is 19.1. The Kier molecular flexibility index (Phi) is 18.6. The van der Waals surface area contributed by atoms with Crippen LogP contribution in [0.25, 0.3) is 0 Å². The second kappa shape index (κ2) is 21.7. The number of rotatable bonds is 22. The molecule has 0 unspecified atom stereocenters. The van der Waals surface area contributed by atoms with E-state index in [0.29, 0.717) is 30.8 Å². The third-order valence-electron chi connectivity index (χ3n) is 9.89. The molecule has 0 fully saturated rings. The van der Waals surface area contributed by atoms with Crippen LogP contribution in [-0.4, -0.2) is 89.6 Å². The van der Waals surface area contributed by atoms with Crippen LogP contribution < -0.4 is 21.3 Å². The van der Waals surface area contributed by atoms with Crippen LogP contribution in [0.5, 0.6) is 0 Å². The average molecular weight is 773 g/mol. The Bertz CT molecular complexity index is 1510. The molecule has 302 valence electrons. The number of benzene rings is 1. The molecule has 13 nitrogen and oxygen atoms in total. The molecule has 1 heterocycles. The summed E-state index contributed by atoms with van der Waals surface area (Å²) in [6, 6.07) is 7.36. The zero-order chi connectivity index (χ0) is 40.7. The zero-order valence-electron chi connectivity index (χ0n) is 34.0. The van der Waals surface area contributed by atoms with Crippen LogP contribution in [0.2, 0.25) is 0 Å². The number of aliphatic carboxylic acids is 1. The number of aromatic nitrogens is 1. The third-order valence-corrected chi connectivity index (χ3v) is 10.8. The predicted octanol–water partition coefficient (Wildman–Crippen LogP) is 5.81. The fourth-order valence-corrected chi connectivity index (χ4v) is 7.33. The summed E-state index contributed by atoms with van der Waals surface area (Å²) in [6.45, 7) is 17.5. The first-order chi connectivity index (χ1) is 25.4. The van der Waals surface area contributed by atoms with Gasteiger partial charge in [-0.2, -0.15) is 0 Å². The molecule has 0 saturated heterocycles. The second-order valence-electron chi connectivity index (χ2n) is 15.4. The Labute approximate surface area is 325 Å². The number of amides is 4. The van der Waals surface area contributed by atoms with Gasteiger partial charge in [0, 0.05) is 37.5 Å². The van der Waals surface area contributed by atoms with E-state index in [0.717, 1.165) is 5.56 Å². The lowest BCUT2D eigenvalue weighted by Crippen LogP contribution is -2.58. The van der Waals surface area contributed by atoms with Crippen LogP contribution in [0.3, 0.4) is 0 Å². The van der Waals surface area contributed by atoms with E-state index in [4.69, 9.17) is 4.74 Å². The van der Waals surface area contributed by atoms with Gasteiger partial charge in [-0.05, 0) is 63.5 Å². The summed E-state index contributed by atoms with van der Waals surface area (Å²) in [4.78, 5) is 72.7. The molecule has 0 radical (unpaired) electrons. The molecule has 2 rings (SSSR count). The van der Waals surface area contributed by atoms with Crippen LogP contribution in [0, 0.1) is 23.2 Å². The van der Waals surface area contributed by atoms with Crippen molar-refractivity contribution in [1.82, 2.24) is 31.2 Å². The summed E-state index contributed by atoms with van der Waals surface area (Å²) in [5, 5.41) is 23.4. The maximum atomic E-state index is 14.5. The Balaban J connectivity index is 2.47. The van der Waals surface area contributed by atoms with Crippen molar-refractivity contribution in [2.45, 2.75) is 125 Å². The number of carboxylic acids is 1. The number of hydrogen-bond donors (Lipinski definition) is 5. The van der Waals surface area contributed by atoms with Gasteiger partial charge in [0.25, 0.3) is 5.91 Å². The maximum absolute atomic E-state index is 14.5. The first-order valence-corrected chi connectivity index (χ1v) is 20.0. The number of likely N-dealkylation sites (N-methyl/N-ethyl adjacent to an activating group) is 1. The van der Waals surface area contributed by atoms with Crippen LogP contribution >= 0.6 is 11.3 Å². The van der Waals surface area contributed by atoms with Crippen molar-refractivity contribution >= 4 is 41.1 Å². The lowest BCUT2D eigenvalue weighted by atomic mass is 9.84. The van der Waals surface area contributed by atoms with Gasteiger partial charge < -0.3 is 36.0 Å². The van der Waals surface area contributed by atoms with Gasteiger partial charge in [-0.3, -0.25) is 19.2 Å². The molecule has 6 atom stereocenters. The molecule has 0 aliphatic carbocycles. The van der Waals surface area contributed by atoms with Gasteiger partial charge in [0.2, 0.25) is 11.8 Å². The predicted molar refractivity (Wildman–Crippen MR) is 212 cm³/mol. The summed E-state index contributed by atoms with van der Waals surface area (Å²) in [5.41, 5.74) is -0.0392. The van der Waals surface area contributed by atoms with Crippen LogP contribution in [0.1, 0.15) is 115 Å². The zero-order valence-corrected chi connectivity index (χ0v) is 34.8. The summed E-state index contributed by atoms with van der Waals surface area (Å²) in [6.07, 6.45) is 0.534. The van der Waals surface area contributed by atoms with E-state index in [2.05, 4.69) is 26.3 Å². The van der Waals surface area contributed by atoms with Gasteiger partial charge in [0.15, 0.2) is 6.10 Å². The highest BCUT2D eigenvalue weighted by Gasteiger charge is 2.38. The molecular weight excluding hydrogens is 709 g/mol. The summed E-state index contributed by atoms with van der Waals surface area (Å²) >= 11 is 1.17. The van der Waals surface area contributed by atoms with Crippen molar-refractivity contribution in [2.75, 3.05) is 20.6 Å². The maximum Gasteiger partial charge on any atom is 0.407 e. The number of thiazole rings is 1. The van der Waals surface area contributed by atoms with Gasteiger partial charge in [0.05, 0.1) is 11.5 Å². The number of nitrogens with zero attached hydrogens (tertiary/aromatic N) is 2. The van der Waals surface area contributed by atoms with Gasteiger partial charge in [-0.25, -0.2) is 9.78 Å². The number of hydrogen-bond acceptors (Lipinski definition) is 9. The number of ether oxygens (including phenoxy) is 1. The van der Waals surface area contributed by atoms with E-state index in [1.54, 1.807) is 31.2 Å². The van der Waals surface area contributed by atoms with Crippen molar-refractivity contribution in [1.29, 1.82) is 0 Å². The molecule has 14 heteroatoms. The molecule has 54 heavy (non-hydrogen) atoms. The minimum atomic E-state index is -1.10. The standard InChI is InChI=1S/C40H64N6O7S/c1-12-19-46(37(49)33(26(7)13-2)45-35(48)32(41-10)25(5)6)30(24(3)4)21-31(53-39(52)42-11)36-44-29(23-54-36)34(47)43-28(22-40(8,9)38(50)51)20-27-17-15-14-16-18-27/h14-18,23-26,28,30-33,41H,12-13,19-22H2,1-11H3,(H,42,52)(H,43,47)(H,45,48)(H,50,51)/t26-,28-,30+,31+,32+,33-/m0/s1. The van der Waals surface area contributed by atoms with Crippen molar-refractivity contribution in [2.24, 2.45) is 23.2 Å². The van der Waals surface area contributed by atoms with E-state index < -0.39 is 53.7 Å². The van der Waals surface area contributed by atoms with E-state index in [1.165, 1.54) is 18.4 Å². The number of nitrogens with one attached hydrogen (secondary N) is 4. The summed E-state index contributed by atoms with van der Waals surface area (Å²) in [5.74, 6) is -2.11. The van der Waals surface area contributed by atoms with Crippen LogP contribution in [-0.2, 0) is 25.5 Å². The monoisotopic (exact) mass is 772 g/mol. The number of alkyl carbamates (subject to hydrolysis) is 1. The molecule has 1 aromatic heterocycles. The number of carboxylic acid groups (broad SMARTS) is 1. The minimum absolute atomic E-state index is 0.0112. The Morgan fingerprint density at radius 2 is 1.59 bits per heavy atom. The molecule has 0 saturated carbocycles. The lowest BCUT2D eigenvalue weighted by molar-refractivity contribution is -0.147. The fraction of sp³-hybridized carbons (Fsp3) is 0.650. The van der Waals surface area contributed by atoms with Crippen molar-refractivity contribution in [3.63, 3.8) is 0 Å². The largest absolute Gasteiger partial charge is 0.481 e. The molecule has 0 bridgehead atoms. The normalized spacial score (nSPS) is 15.1. The topological polar surface area (TPSA) is 179 Å². The smallest absolute Gasteiger partial charge is 0.407 e. The molecule has 5 N–H and O–H groups in total. The van der Waals surface area contributed by atoms with Gasteiger partial charge >= 0.3 is 12.1 Å².